The lowest BCUT2D eigenvalue weighted by Crippen LogP contribution is -2.51. The SMILES string of the molecule is CCC1CC(NCC(F)(F)F)CN(c2cccc(C)c2)C1. The van der Waals surface area contributed by atoms with Crippen LogP contribution in [-0.2, 0) is 0 Å². The van der Waals surface area contributed by atoms with Gasteiger partial charge in [0.1, 0.15) is 0 Å². The van der Waals surface area contributed by atoms with E-state index in [2.05, 4.69) is 23.2 Å². The van der Waals surface area contributed by atoms with E-state index in [0.717, 1.165) is 25.1 Å². The molecule has 1 saturated heterocycles. The van der Waals surface area contributed by atoms with E-state index in [4.69, 9.17) is 0 Å². The van der Waals surface area contributed by atoms with Crippen molar-refractivity contribution in [3.63, 3.8) is 0 Å². The van der Waals surface area contributed by atoms with Crippen LogP contribution in [0.1, 0.15) is 25.3 Å². The molecule has 0 aliphatic carbocycles. The molecule has 0 aromatic heterocycles. The Kier molecular flexibility index (Phi) is 5.14. The predicted molar refractivity (Wildman–Crippen MR) is 79.6 cm³/mol. The maximum Gasteiger partial charge on any atom is 0.401 e. The van der Waals surface area contributed by atoms with Crippen LogP contribution in [0.3, 0.4) is 0 Å². The number of rotatable bonds is 4. The molecule has 0 spiro atoms. The number of hydrogen-bond acceptors (Lipinski definition) is 2. The van der Waals surface area contributed by atoms with E-state index in [1.54, 1.807) is 0 Å². The second-order valence-electron chi connectivity index (χ2n) is 5.95. The number of hydrogen-bond donors (Lipinski definition) is 1. The van der Waals surface area contributed by atoms with Gasteiger partial charge in [-0.3, -0.25) is 0 Å². The molecule has 0 saturated carbocycles. The summed E-state index contributed by atoms with van der Waals surface area (Å²) in [6, 6.07) is 8.05. The fourth-order valence-corrected chi connectivity index (χ4v) is 2.94. The lowest BCUT2D eigenvalue weighted by molar-refractivity contribution is -0.126. The predicted octanol–water partition coefficient (Wildman–Crippen LogP) is 3.75. The van der Waals surface area contributed by atoms with Crippen LogP contribution in [0.2, 0.25) is 0 Å². The van der Waals surface area contributed by atoms with Gasteiger partial charge in [-0.05, 0) is 37.0 Å². The summed E-state index contributed by atoms with van der Waals surface area (Å²) >= 11 is 0. The molecule has 118 valence electrons. The highest BCUT2D eigenvalue weighted by Crippen LogP contribution is 2.26. The van der Waals surface area contributed by atoms with Gasteiger partial charge in [-0.15, -0.1) is 0 Å². The molecule has 2 unspecified atom stereocenters. The summed E-state index contributed by atoms with van der Waals surface area (Å²) in [6.45, 7) is 4.78. The first-order valence-electron chi connectivity index (χ1n) is 7.49. The van der Waals surface area contributed by atoms with E-state index in [1.165, 1.54) is 5.56 Å². The summed E-state index contributed by atoms with van der Waals surface area (Å²) in [4.78, 5) is 2.21. The maximum atomic E-state index is 12.4. The van der Waals surface area contributed by atoms with Gasteiger partial charge in [0, 0.05) is 24.8 Å². The summed E-state index contributed by atoms with van der Waals surface area (Å²) < 4.78 is 37.2. The average molecular weight is 300 g/mol. The largest absolute Gasteiger partial charge is 0.401 e. The molecule has 1 N–H and O–H groups in total. The van der Waals surface area contributed by atoms with E-state index in [0.29, 0.717) is 12.5 Å². The number of halogens is 3. The quantitative estimate of drug-likeness (QED) is 0.911. The highest BCUT2D eigenvalue weighted by molar-refractivity contribution is 5.49. The van der Waals surface area contributed by atoms with E-state index in [1.807, 2.05) is 25.1 Å². The van der Waals surface area contributed by atoms with Crippen molar-refractivity contribution in [3.05, 3.63) is 29.8 Å². The van der Waals surface area contributed by atoms with Crippen LogP contribution in [-0.4, -0.2) is 31.9 Å². The molecule has 0 amide bonds. The van der Waals surface area contributed by atoms with E-state index in [-0.39, 0.29) is 6.04 Å². The smallest absolute Gasteiger partial charge is 0.370 e. The van der Waals surface area contributed by atoms with Gasteiger partial charge in [0.05, 0.1) is 6.54 Å². The van der Waals surface area contributed by atoms with Crippen molar-refractivity contribution in [3.8, 4) is 0 Å². The zero-order chi connectivity index (χ0) is 15.5. The fourth-order valence-electron chi connectivity index (χ4n) is 2.94. The van der Waals surface area contributed by atoms with Crippen molar-refractivity contribution < 1.29 is 13.2 Å². The average Bonchev–Trinajstić information content (AvgIpc) is 2.44. The number of aryl methyl sites for hydroxylation is 1. The first-order chi connectivity index (χ1) is 9.87. The molecular weight excluding hydrogens is 277 g/mol. The van der Waals surface area contributed by atoms with Crippen LogP contribution in [0.4, 0.5) is 18.9 Å². The van der Waals surface area contributed by atoms with Crippen LogP contribution in [0, 0.1) is 12.8 Å². The van der Waals surface area contributed by atoms with Crippen molar-refractivity contribution >= 4 is 5.69 Å². The highest BCUT2D eigenvalue weighted by atomic mass is 19.4. The second kappa shape index (κ2) is 6.69. The van der Waals surface area contributed by atoms with Crippen molar-refractivity contribution in [1.82, 2.24) is 5.32 Å². The summed E-state index contributed by atoms with van der Waals surface area (Å²) in [5, 5.41) is 2.67. The molecule has 1 aliphatic rings. The monoisotopic (exact) mass is 300 g/mol. The third kappa shape index (κ3) is 4.92. The number of anilines is 1. The molecule has 1 aliphatic heterocycles. The Morgan fingerprint density at radius 1 is 1.29 bits per heavy atom. The Morgan fingerprint density at radius 2 is 2.05 bits per heavy atom. The number of nitrogens with zero attached hydrogens (tertiary/aromatic N) is 1. The first-order valence-corrected chi connectivity index (χ1v) is 7.49. The van der Waals surface area contributed by atoms with Gasteiger partial charge < -0.3 is 10.2 Å². The second-order valence-corrected chi connectivity index (χ2v) is 5.95. The van der Waals surface area contributed by atoms with Crippen molar-refractivity contribution in [2.45, 2.75) is 38.9 Å². The number of nitrogens with one attached hydrogen (secondary N) is 1. The standard InChI is InChI=1S/C16H23F3N2/c1-3-13-8-14(20-11-16(17,18)19)10-21(9-13)15-6-4-5-12(2)7-15/h4-7,13-14,20H,3,8-11H2,1-2H3. The van der Waals surface area contributed by atoms with Crippen molar-refractivity contribution in [2.75, 3.05) is 24.5 Å². The summed E-state index contributed by atoms with van der Waals surface area (Å²) in [5.41, 5.74) is 2.28. The minimum Gasteiger partial charge on any atom is -0.370 e. The van der Waals surface area contributed by atoms with Gasteiger partial charge in [-0.2, -0.15) is 13.2 Å². The molecule has 1 aromatic rings. The topological polar surface area (TPSA) is 15.3 Å². The Labute approximate surface area is 124 Å². The molecule has 1 aromatic carbocycles. The van der Waals surface area contributed by atoms with Gasteiger partial charge in [0.2, 0.25) is 0 Å². The highest BCUT2D eigenvalue weighted by Gasteiger charge is 2.31. The molecule has 1 heterocycles. The molecule has 2 atom stereocenters. The van der Waals surface area contributed by atoms with Gasteiger partial charge in [0.25, 0.3) is 0 Å². The van der Waals surface area contributed by atoms with Crippen LogP contribution in [0.5, 0.6) is 0 Å². The Hall–Kier alpha value is -1.23. The lowest BCUT2D eigenvalue weighted by Gasteiger charge is -2.39. The number of alkyl halides is 3. The lowest BCUT2D eigenvalue weighted by atomic mass is 9.91. The molecule has 0 radical (unpaired) electrons. The molecule has 21 heavy (non-hydrogen) atoms. The minimum absolute atomic E-state index is 0.106. The van der Waals surface area contributed by atoms with Crippen LogP contribution < -0.4 is 10.2 Å². The van der Waals surface area contributed by atoms with E-state index < -0.39 is 12.7 Å². The van der Waals surface area contributed by atoms with Gasteiger partial charge in [0.15, 0.2) is 0 Å². The van der Waals surface area contributed by atoms with Gasteiger partial charge >= 0.3 is 6.18 Å². The van der Waals surface area contributed by atoms with E-state index in [9.17, 15) is 13.2 Å². The van der Waals surface area contributed by atoms with Gasteiger partial charge in [-0.1, -0.05) is 25.5 Å². The number of benzene rings is 1. The summed E-state index contributed by atoms with van der Waals surface area (Å²) in [7, 11) is 0. The van der Waals surface area contributed by atoms with Crippen LogP contribution in [0.15, 0.2) is 24.3 Å². The molecule has 2 nitrogen and oxygen atoms in total. The van der Waals surface area contributed by atoms with Crippen LogP contribution >= 0.6 is 0 Å². The fraction of sp³-hybridized carbons (Fsp3) is 0.625. The first kappa shape index (κ1) is 16.1. The maximum absolute atomic E-state index is 12.4. The molecular formula is C16H23F3N2. The minimum atomic E-state index is -4.15. The zero-order valence-electron chi connectivity index (χ0n) is 12.6. The van der Waals surface area contributed by atoms with Gasteiger partial charge in [-0.25, -0.2) is 0 Å². The van der Waals surface area contributed by atoms with Crippen molar-refractivity contribution in [1.29, 1.82) is 0 Å². The summed E-state index contributed by atoms with van der Waals surface area (Å²) in [5.74, 6) is 0.435. The molecule has 5 heteroatoms. The Morgan fingerprint density at radius 3 is 2.67 bits per heavy atom. The number of piperidine rings is 1. The normalized spacial score (nSPS) is 23.4. The Balaban J connectivity index is 2.05. The zero-order valence-corrected chi connectivity index (χ0v) is 12.6. The third-order valence-electron chi connectivity index (χ3n) is 4.07. The van der Waals surface area contributed by atoms with E-state index >= 15 is 0 Å². The Bertz CT molecular complexity index is 459. The molecule has 1 fully saturated rings. The van der Waals surface area contributed by atoms with Crippen LogP contribution in [0.25, 0.3) is 0 Å². The summed E-state index contributed by atoms with van der Waals surface area (Å²) in [6.07, 6.45) is -2.34. The third-order valence-corrected chi connectivity index (χ3v) is 4.07. The molecule has 2 rings (SSSR count). The molecule has 0 bridgehead atoms. The van der Waals surface area contributed by atoms with Crippen molar-refractivity contribution in [2.24, 2.45) is 5.92 Å².